The number of ether oxygens (including phenoxy) is 1. The van der Waals surface area contributed by atoms with Crippen LogP contribution in [0.15, 0.2) is 41.3 Å². The number of hydrogen-bond donors (Lipinski definition) is 2. The van der Waals surface area contributed by atoms with Crippen LogP contribution in [0.1, 0.15) is 43.2 Å². The average molecular weight is 543 g/mol. The highest BCUT2D eigenvalue weighted by atomic mass is 19.2. The molecule has 2 fully saturated rings. The number of H-pyrrole nitrogens is 1. The van der Waals surface area contributed by atoms with Crippen LogP contribution in [-0.2, 0) is 9.53 Å². The molecular formula is C27H32F2N6O4. The molecule has 2 aliphatic rings. The van der Waals surface area contributed by atoms with Crippen molar-refractivity contribution < 1.29 is 23.1 Å². The van der Waals surface area contributed by atoms with E-state index >= 15 is 0 Å². The van der Waals surface area contributed by atoms with Crippen molar-refractivity contribution in [3.05, 3.63) is 64.2 Å². The number of nitrogens with zero attached hydrogens (tertiary/aromatic N) is 4. The zero-order chi connectivity index (χ0) is 27.5. The topological polar surface area (TPSA) is 113 Å². The smallest absolute Gasteiger partial charge is 0.327 e. The van der Waals surface area contributed by atoms with E-state index in [9.17, 15) is 23.2 Å². The van der Waals surface area contributed by atoms with Gasteiger partial charge in [-0.1, -0.05) is 12.1 Å². The fraction of sp³-hybridized carbons (Fsp3) is 0.481. The summed E-state index contributed by atoms with van der Waals surface area (Å²) in [5.74, 6) is -2.52. The van der Waals surface area contributed by atoms with E-state index in [1.165, 1.54) is 13.2 Å². The Hall–Kier alpha value is -3.80. The maximum atomic E-state index is 14.6. The molecule has 0 saturated carbocycles. The Bertz CT molecular complexity index is 1400. The van der Waals surface area contributed by atoms with Crippen LogP contribution in [0.2, 0.25) is 0 Å². The highest BCUT2D eigenvalue weighted by Gasteiger charge is 2.35. The Kier molecular flexibility index (Phi) is 7.92. The van der Waals surface area contributed by atoms with Gasteiger partial charge in [-0.25, -0.2) is 23.4 Å². The first-order valence-electron chi connectivity index (χ1n) is 13.2. The largest absolute Gasteiger partial charge is 0.383 e. The van der Waals surface area contributed by atoms with Gasteiger partial charge < -0.3 is 19.9 Å². The Labute approximate surface area is 223 Å². The summed E-state index contributed by atoms with van der Waals surface area (Å²) in [5, 5.41) is 2.88. The van der Waals surface area contributed by atoms with Crippen LogP contribution in [-0.4, -0.2) is 82.2 Å². The van der Waals surface area contributed by atoms with Crippen molar-refractivity contribution in [3.8, 4) is 0 Å². The lowest BCUT2D eigenvalue weighted by molar-refractivity contribution is -0.133. The Morgan fingerprint density at radius 1 is 1.13 bits per heavy atom. The van der Waals surface area contributed by atoms with Crippen LogP contribution in [0.3, 0.4) is 0 Å². The second-order valence-corrected chi connectivity index (χ2v) is 10.1. The molecule has 3 aromatic rings. The van der Waals surface area contributed by atoms with E-state index < -0.39 is 23.6 Å². The van der Waals surface area contributed by atoms with Crippen molar-refractivity contribution in [2.75, 3.05) is 39.9 Å². The van der Waals surface area contributed by atoms with E-state index in [4.69, 9.17) is 4.74 Å². The number of likely N-dealkylation sites (tertiary alicyclic amines) is 2. The molecule has 2 aromatic heterocycles. The van der Waals surface area contributed by atoms with Gasteiger partial charge in [0.05, 0.1) is 12.1 Å². The third kappa shape index (κ3) is 5.51. The normalized spacial score (nSPS) is 20.8. The number of imidazole rings is 1. The standard InChI is InChI=1S/C27H32F2N6O4/c1-39-15-14-34-16-17(19-4-2-5-20(28)23(19)29)7-8-21(25(34)36)31-26(37)33-12-9-18(10-13-33)35-22-6-3-11-30-24(22)32-27(35)38/h2-6,11,17-18,21H,7-10,12-16H2,1H3,(H,31,37)(H,30,32,38)/t17-,21-/m1/s1. The summed E-state index contributed by atoms with van der Waals surface area (Å²) in [7, 11) is 1.52. The van der Waals surface area contributed by atoms with Gasteiger partial charge in [0, 0.05) is 51.4 Å². The number of halogens is 2. The first kappa shape index (κ1) is 26.8. The molecule has 1 aromatic carbocycles. The molecule has 0 bridgehead atoms. The summed E-state index contributed by atoms with van der Waals surface area (Å²) in [5.41, 5.74) is 1.26. The van der Waals surface area contributed by atoms with Crippen molar-refractivity contribution in [2.45, 2.75) is 43.7 Å². The van der Waals surface area contributed by atoms with Crippen LogP contribution in [0.25, 0.3) is 11.2 Å². The number of urea groups is 1. The number of fused-ring (bicyclic) bond motifs is 1. The second kappa shape index (κ2) is 11.5. The minimum Gasteiger partial charge on any atom is -0.383 e. The fourth-order valence-corrected chi connectivity index (χ4v) is 5.67. The number of nitrogens with one attached hydrogen (secondary N) is 2. The molecule has 10 nitrogen and oxygen atoms in total. The van der Waals surface area contributed by atoms with Gasteiger partial charge in [-0.3, -0.25) is 14.3 Å². The third-order valence-electron chi connectivity index (χ3n) is 7.75. The van der Waals surface area contributed by atoms with Crippen molar-refractivity contribution in [3.63, 3.8) is 0 Å². The van der Waals surface area contributed by atoms with Crippen LogP contribution in [0, 0.1) is 11.6 Å². The Morgan fingerprint density at radius 3 is 2.69 bits per heavy atom. The molecule has 5 rings (SSSR count). The molecule has 12 heteroatoms. The average Bonchev–Trinajstić information content (AvgIpc) is 3.20. The first-order valence-corrected chi connectivity index (χ1v) is 13.2. The van der Waals surface area contributed by atoms with Crippen LogP contribution in [0.4, 0.5) is 13.6 Å². The minimum atomic E-state index is -0.925. The number of pyridine rings is 1. The molecule has 4 heterocycles. The van der Waals surface area contributed by atoms with Crippen molar-refractivity contribution in [1.29, 1.82) is 0 Å². The minimum absolute atomic E-state index is 0.0783. The summed E-state index contributed by atoms with van der Waals surface area (Å²) in [6.07, 6.45) is 3.48. The number of benzene rings is 1. The molecule has 0 aliphatic carbocycles. The molecule has 0 radical (unpaired) electrons. The number of carbonyl (C=O) groups is 2. The Balaban J connectivity index is 1.25. The number of hydrogen-bond acceptors (Lipinski definition) is 5. The van der Waals surface area contributed by atoms with Gasteiger partial charge in [0.25, 0.3) is 0 Å². The predicted octanol–water partition coefficient (Wildman–Crippen LogP) is 2.77. The molecule has 3 amide bonds. The Morgan fingerprint density at radius 2 is 1.92 bits per heavy atom. The lowest BCUT2D eigenvalue weighted by atomic mass is 9.93. The summed E-state index contributed by atoms with van der Waals surface area (Å²) in [4.78, 5) is 49.3. The highest BCUT2D eigenvalue weighted by Crippen LogP contribution is 2.30. The molecule has 39 heavy (non-hydrogen) atoms. The maximum absolute atomic E-state index is 14.6. The number of rotatable bonds is 6. The van der Waals surface area contributed by atoms with Gasteiger partial charge in [-0.15, -0.1) is 0 Å². The van der Waals surface area contributed by atoms with Crippen LogP contribution < -0.4 is 11.0 Å². The molecule has 0 spiro atoms. The van der Waals surface area contributed by atoms with Crippen molar-refractivity contribution >= 4 is 23.1 Å². The summed E-state index contributed by atoms with van der Waals surface area (Å²) in [6.45, 7) is 1.59. The monoisotopic (exact) mass is 542 g/mol. The zero-order valence-corrected chi connectivity index (χ0v) is 21.7. The number of carbonyl (C=O) groups excluding carboxylic acids is 2. The van der Waals surface area contributed by atoms with Crippen LogP contribution >= 0.6 is 0 Å². The molecule has 208 valence electrons. The van der Waals surface area contributed by atoms with E-state index in [1.807, 2.05) is 6.07 Å². The quantitative estimate of drug-likeness (QED) is 0.498. The zero-order valence-electron chi connectivity index (χ0n) is 21.7. The van der Waals surface area contributed by atoms with Gasteiger partial charge >= 0.3 is 11.7 Å². The van der Waals surface area contributed by atoms with Gasteiger partial charge in [0.2, 0.25) is 5.91 Å². The highest BCUT2D eigenvalue weighted by molar-refractivity contribution is 5.87. The van der Waals surface area contributed by atoms with Crippen molar-refractivity contribution in [2.24, 2.45) is 0 Å². The summed E-state index contributed by atoms with van der Waals surface area (Å²) < 4.78 is 35.4. The number of amides is 3. The van der Waals surface area contributed by atoms with Crippen molar-refractivity contribution in [1.82, 2.24) is 29.7 Å². The van der Waals surface area contributed by atoms with E-state index in [0.717, 1.165) is 11.6 Å². The van der Waals surface area contributed by atoms with E-state index in [1.54, 1.807) is 32.7 Å². The molecular weight excluding hydrogens is 510 g/mol. The van der Waals surface area contributed by atoms with E-state index in [-0.39, 0.29) is 48.9 Å². The summed E-state index contributed by atoms with van der Waals surface area (Å²) in [6, 6.07) is 6.46. The molecule has 2 N–H and O–H groups in total. The molecule has 0 unspecified atom stereocenters. The first-order chi connectivity index (χ1) is 18.9. The second-order valence-electron chi connectivity index (χ2n) is 10.1. The van der Waals surface area contributed by atoms with E-state index in [0.29, 0.717) is 44.4 Å². The maximum Gasteiger partial charge on any atom is 0.327 e. The van der Waals surface area contributed by atoms with Gasteiger partial charge in [0.1, 0.15) is 6.04 Å². The number of aromatic amines is 1. The van der Waals surface area contributed by atoms with Crippen LogP contribution in [0.5, 0.6) is 0 Å². The number of methoxy groups -OCH3 is 1. The third-order valence-corrected chi connectivity index (χ3v) is 7.75. The lowest BCUT2D eigenvalue weighted by Crippen LogP contribution is -2.53. The van der Waals surface area contributed by atoms with E-state index in [2.05, 4.69) is 15.3 Å². The van der Waals surface area contributed by atoms with Gasteiger partial charge in [-0.2, -0.15) is 0 Å². The van der Waals surface area contributed by atoms with Gasteiger partial charge in [0.15, 0.2) is 17.3 Å². The molecule has 2 aliphatic heterocycles. The summed E-state index contributed by atoms with van der Waals surface area (Å²) >= 11 is 0. The number of aromatic nitrogens is 3. The van der Waals surface area contributed by atoms with Gasteiger partial charge in [-0.05, 0) is 49.4 Å². The molecule has 2 atom stereocenters. The fourth-order valence-electron chi connectivity index (χ4n) is 5.67. The SMILES string of the molecule is COCCN1C[C@H](c2cccc(F)c2F)CC[C@@H](NC(=O)N2CCC(n3c(=O)[nH]c4ncccc43)CC2)C1=O. The molecule has 2 saturated heterocycles. The number of piperidine rings is 1. The predicted molar refractivity (Wildman–Crippen MR) is 139 cm³/mol. The lowest BCUT2D eigenvalue weighted by Gasteiger charge is -2.34.